The third kappa shape index (κ3) is 3.49. The van der Waals surface area contributed by atoms with Crippen molar-refractivity contribution in [1.82, 2.24) is 15.8 Å². The molecule has 0 saturated heterocycles. The molecule has 3 rings (SSSR count). The second-order valence-corrected chi connectivity index (χ2v) is 4.85. The van der Waals surface area contributed by atoms with Crippen molar-refractivity contribution < 1.29 is 14.3 Å². The highest BCUT2D eigenvalue weighted by Gasteiger charge is 2.12. The van der Waals surface area contributed by atoms with Gasteiger partial charge >= 0.3 is 0 Å². The summed E-state index contributed by atoms with van der Waals surface area (Å²) in [4.78, 5) is 26.8. The highest BCUT2D eigenvalue weighted by molar-refractivity contribution is 6.07. The first kappa shape index (κ1) is 14.6. The Balaban J connectivity index is 1.53. The van der Waals surface area contributed by atoms with Gasteiger partial charge in [0.15, 0.2) is 6.61 Å². The molecule has 1 aromatic heterocycles. The van der Waals surface area contributed by atoms with Gasteiger partial charge in [0.1, 0.15) is 5.75 Å². The molecular weight excluding hydrogens is 294 g/mol. The number of amides is 2. The first-order chi connectivity index (χ1) is 11.2. The largest absolute Gasteiger partial charge is 0.484 e. The fourth-order valence-electron chi connectivity index (χ4n) is 2.15. The second-order valence-electron chi connectivity index (χ2n) is 4.85. The number of hydrazine groups is 1. The van der Waals surface area contributed by atoms with Gasteiger partial charge in [-0.3, -0.25) is 20.4 Å². The maximum Gasteiger partial charge on any atom is 0.276 e. The Hall–Kier alpha value is -3.28. The number of para-hydroxylation sites is 2. The number of aromatic amines is 1. The third-order valence-electron chi connectivity index (χ3n) is 3.26. The molecule has 23 heavy (non-hydrogen) atoms. The summed E-state index contributed by atoms with van der Waals surface area (Å²) in [6.45, 7) is -0.182. The highest BCUT2D eigenvalue weighted by Crippen LogP contribution is 2.17. The lowest BCUT2D eigenvalue weighted by Crippen LogP contribution is -2.43. The molecule has 0 bridgehead atoms. The van der Waals surface area contributed by atoms with E-state index in [2.05, 4.69) is 15.8 Å². The van der Waals surface area contributed by atoms with E-state index in [1.165, 1.54) is 0 Å². The summed E-state index contributed by atoms with van der Waals surface area (Å²) < 4.78 is 5.29. The van der Waals surface area contributed by atoms with E-state index in [-0.39, 0.29) is 6.61 Å². The van der Waals surface area contributed by atoms with Crippen molar-refractivity contribution in [2.45, 2.75) is 0 Å². The number of aromatic nitrogens is 1. The van der Waals surface area contributed by atoms with Crippen molar-refractivity contribution in [3.05, 3.63) is 66.4 Å². The Kier molecular flexibility index (Phi) is 4.24. The summed E-state index contributed by atoms with van der Waals surface area (Å²) in [6, 6.07) is 16.4. The number of fused-ring (bicyclic) bond motifs is 1. The SMILES string of the molecule is O=C(COc1ccccc1)NNC(=O)c1c[nH]c2ccccc12. The first-order valence-corrected chi connectivity index (χ1v) is 7.07. The number of carbonyl (C=O) groups is 2. The van der Waals surface area contributed by atoms with Gasteiger partial charge in [-0.2, -0.15) is 0 Å². The van der Waals surface area contributed by atoms with Crippen molar-refractivity contribution in [3.63, 3.8) is 0 Å². The Morgan fingerprint density at radius 1 is 0.957 bits per heavy atom. The maximum atomic E-state index is 12.1. The predicted molar refractivity (Wildman–Crippen MR) is 85.8 cm³/mol. The van der Waals surface area contributed by atoms with Crippen LogP contribution in [-0.2, 0) is 4.79 Å². The number of hydrogen-bond acceptors (Lipinski definition) is 3. The molecule has 0 radical (unpaired) electrons. The Labute approximate surface area is 132 Å². The summed E-state index contributed by atoms with van der Waals surface area (Å²) in [6.07, 6.45) is 1.60. The fourth-order valence-corrected chi connectivity index (χ4v) is 2.15. The molecule has 116 valence electrons. The van der Waals surface area contributed by atoms with Crippen LogP contribution in [-0.4, -0.2) is 23.4 Å². The van der Waals surface area contributed by atoms with Crippen LogP contribution in [0, 0.1) is 0 Å². The maximum absolute atomic E-state index is 12.1. The van der Waals surface area contributed by atoms with Crippen molar-refractivity contribution in [2.75, 3.05) is 6.61 Å². The van der Waals surface area contributed by atoms with Crippen LogP contribution < -0.4 is 15.6 Å². The van der Waals surface area contributed by atoms with Crippen LogP contribution in [0.15, 0.2) is 60.8 Å². The molecule has 3 N–H and O–H groups in total. The zero-order valence-electron chi connectivity index (χ0n) is 12.2. The molecule has 0 saturated carbocycles. The van der Waals surface area contributed by atoms with E-state index in [1.54, 1.807) is 18.3 Å². The minimum atomic E-state index is -0.443. The van der Waals surface area contributed by atoms with Gasteiger partial charge in [0, 0.05) is 17.1 Å². The van der Waals surface area contributed by atoms with E-state index in [1.807, 2.05) is 42.5 Å². The lowest BCUT2D eigenvalue weighted by molar-refractivity contribution is -0.123. The number of nitrogens with one attached hydrogen (secondary N) is 3. The van der Waals surface area contributed by atoms with E-state index >= 15 is 0 Å². The van der Waals surface area contributed by atoms with E-state index in [9.17, 15) is 9.59 Å². The van der Waals surface area contributed by atoms with Gasteiger partial charge in [-0.25, -0.2) is 0 Å². The van der Waals surface area contributed by atoms with Gasteiger partial charge < -0.3 is 9.72 Å². The van der Waals surface area contributed by atoms with Crippen molar-refractivity contribution in [3.8, 4) is 5.75 Å². The molecule has 6 nitrogen and oxygen atoms in total. The second kappa shape index (κ2) is 6.65. The molecule has 0 fully saturated rings. The smallest absolute Gasteiger partial charge is 0.276 e. The van der Waals surface area contributed by atoms with Gasteiger partial charge in [-0.05, 0) is 18.2 Å². The van der Waals surface area contributed by atoms with Crippen molar-refractivity contribution in [2.24, 2.45) is 0 Å². The molecule has 0 aliphatic heterocycles. The molecular formula is C17H15N3O3. The summed E-state index contributed by atoms with van der Waals surface area (Å²) in [5.41, 5.74) is 6.02. The minimum Gasteiger partial charge on any atom is -0.484 e. The average Bonchev–Trinajstić information content (AvgIpc) is 3.03. The number of carbonyl (C=O) groups excluding carboxylic acids is 2. The molecule has 2 amide bonds. The van der Waals surface area contributed by atoms with E-state index in [4.69, 9.17) is 4.74 Å². The quantitative estimate of drug-likeness (QED) is 0.645. The normalized spacial score (nSPS) is 10.3. The molecule has 1 heterocycles. The van der Waals surface area contributed by atoms with Crippen LogP contribution in [0.5, 0.6) is 5.75 Å². The number of H-pyrrole nitrogens is 1. The van der Waals surface area contributed by atoms with Crippen LogP contribution in [0.2, 0.25) is 0 Å². The topological polar surface area (TPSA) is 83.2 Å². The zero-order chi connectivity index (χ0) is 16.1. The standard InChI is InChI=1S/C17H15N3O3/c21-16(11-23-12-6-2-1-3-7-12)19-20-17(22)14-10-18-15-9-5-4-8-13(14)15/h1-10,18H,11H2,(H,19,21)(H,20,22). The summed E-state index contributed by atoms with van der Waals surface area (Å²) in [5.74, 6) is -0.247. The molecule has 3 aromatic rings. The van der Waals surface area contributed by atoms with Gasteiger partial charge in [0.25, 0.3) is 11.8 Å². The Morgan fingerprint density at radius 3 is 2.52 bits per heavy atom. The molecule has 0 atom stereocenters. The highest BCUT2D eigenvalue weighted by atomic mass is 16.5. The van der Waals surface area contributed by atoms with Crippen LogP contribution in [0.1, 0.15) is 10.4 Å². The number of rotatable bonds is 4. The van der Waals surface area contributed by atoms with E-state index < -0.39 is 11.8 Å². The molecule has 6 heteroatoms. The minimum absolute atomic E-state index is 0.182. The first-order valence-electron chi connectivity index (χ1n) is 7.07. The van der Waals surface area contributed by atoms with Crippen molar-refractivity contribution in [1.29, 1.82) is 0 Å². The monoisotopic (exact) mass is 309 g/mol. The van der Waals surface area contributed by atoms with E-state index in [0.29, 0.717) is 11.3 Å². The van der Waals surface area contributed by atoms with Gasteiger partial charge in [-0.1, -0.05) is 36.4 Å². The number of hydrogen-bond donors (Lipinski definition) is 3. The average molecular weight is 309 g/mol. The Morgan fingerprint density at radius 2 is 1.70 bits per heavy atom. The van der Waals surface area contributed by atoms with Crippen LogP contribution in [0.4, 0.5) is 0 Å². The summed E-state index contributed by atoms with van der Waals surface area (Å²) in [5, 5.41) is 0.791. The van der Waals surface area contributed by atoms with Gasteiger partial charge in [0.05, 0.1) is 5.56 Å². The van der Waals surface area contributed by atoms with Crippen LogP contribution in [0.3, 0.4) is 0 Å². The third-order valence-corrected chi connectivity index (χ3v) is 3.26. The van der Waals surface area contributed by atoms with Crippen LogP contribution in [0.25, 0.3) is 10.9 Å². The zero-order valence-corrected chi connectivity index (χ0v) is 12.2. The lowest BCUT2D eigenvalue weighted by Gasteiger charge is -2.08. The number of benzene rings is 2. The van der Waals surface area contributed by atoms with Crippen molar-refractivity contribution >= 4 is 22.7 Å². The van der Waals surface area contributed by atoms with E-state index in [0.717, 1.165) is 10.9 Å². The van der Waals surface area contributed by atoms with Gasteiger partial charge in [0.2, 0.25) is 0 Å². The molecule has 0 unspecified atom stereocenters. The molecule has 0 aliphatic carbocycles. The molecule has 2 aromatic carbocycles. The summed E-state index contributed by atoms with van der Waals surface area (Å²) >= 11 is 0. The van der Waals surface area contributed by atoms with Gasteiger partial charge in [-0.15, -0.1) is 0 Å². The Bertz CT molecular complexity index is 827. The molecule has 0 spiro atoms. The predicted octanol–water partition coefficient (Wildman–Crippen LogP) is 2.01. The number of ether oxygens (including phenoxy) is 1. The van der Waals surface area contributed by atoms with Crippen LogP contribution >= 0.6 is 0 Å². The molecule has 0 aliphatic rings. The fraction of sp³-hybridized carbons (Fsp3) is 0.0588. The summed E-state index contributed by atoms with van der Waals surface area (Å²) in [7, 11) is 0. The lowest BCUT2D eigenvalue weighted by atomic mass is 10.2.